The molecule has 138 valence electrons. The van der Waals surface area contributed by atoms with Gasteiger partial charge in [-0.2, -0.15) is 0 Å². The zero-order valence-electron chi connectivity index (χ0n) is 15.0. The van der Waals surface area contributed by atoms with Crippen LogP contribution in [0, 0.1) is 22.9 Å². The summed E-state index contributed by atoms with van der Waals surface area (Å²) in [6.45, 7) is 5.64. The minimum Gasteiger partial charge on any atom is -0.350 e. The molecule has 3 N–H and O–H groups in total. The summed E-state index contributed by atoms with van der Waals surface area (Å²) in [5.74, 6) is -1.03. The van der Waals surface area contributed by atoms with E-state index in [1.807, 2.05) is 24.3 Å². The fourth-order valence-corrected chi connectivity index (χ4v) is 2.69. The Morgan fingerprint density at radius 2 is 1.81 bits per heavy atom. The van der Waals surface area contributed by atoms with E-state index in [4.69, 9.17) is 5.73 Å². The van der Waals surface area contributed by atoms with Crippen LogP contribution in [0.3, 0.4) is 0 Å². The van der Waals surface area contributed by atoms with Gasteiger partial charge in [-0.3, -0.25) is 14.9 Å². The number of nitro benzene ring substituents is 1. The number of aryl methyl sites for hydroxylation is 1. The van der Waals surface area contributed by atoms with Crippen LogP contribution in [0.4, 0.5) is 10.1 Å². The van der Waals surface area contributed by atoms with Gasteiger partial charge in [-0.05, 0) is 36.1 Å². The van der Waals surface area contributed by atoms with Crippen LogP contribution in [0.15, 0.2) is 36.4 Å². The van der Waals surface area contributed by atoms with Crippen molar-refractivity contribution in [3.05, 3.63) is 74.6 Å². The molecule has 2 aromatic rings. The highest BCUT2D eigenvalue weighted by Gasteiger charge is 2.24. The van der Waals surface area contributed by atoms with E-state index in [-0.39, 0.29) is 17.7 Å². The quantitative estimate of drug-likeness (QED) is 0.608. The van der Waals surface area contributed by atoms with Gasteiger partial charge in [0.1, 0.15) is 11.4 Å². The highest BCUT2D eigenvalue weighted by molar-refractivity contribution is 5.98. The number of nitrogens with one attached hydrogen (secondary N) is 1. The summed E-state index contributed by atoms with van der Waals surface area (Å²) < 4.78 is 13.6. The predicted octanol–water partition coefficient (Wildman–Crippen LogP) is 3.60. The van der Waals surface area contributed by atoms with Crippen LogP contribution in [0.25, 0.3) is 0 Å². The minimum atomic E-state index is -0.728. The molecular formula is C19H22FN3O3. The molecule has 0 aromatic heterocycles. The van der Waals surface area contributed by atoms with Crippen LogP contribution in [-0.4, -0.2) is 17.4 Å². The van der Waals surface area contributed by atoms with Gasteiger partial charge in [0.05, 0.1) is 4.92 Å². The lowest BCUT2D eigenvalue weighted by molar-refractivity contribution is -0.385. The summed E-state index contributed by atoms with van der Waals surface area (Å²) in [7, 11) is 0. The molecule has 26 heavy (non-hydrogen) atoms. The second-order valence-electron chi connectivity index (χ2n) is 6.51. The Balaban J connectivity index is 2.12. The molecule has 0 aliphatic rings. The Kier molecular flexibility index (Phi) is 6.05. The number of nitrogens with two attached hydrogens (primary N) is 1. The average Bonchev–Trinajstić information content (AvgIpc) is 2.58. The molecule has 1 atom stereocenters. The van der Waals surface area contributed by atoms with E-state index < -0.39 is 28.4 Å². The summed E-state index contributed by atoms with van der Waals surface area (Å²) in [6.07, 6.45) is 0. The predicted molar refractivity (Wildman–Crippen MR) is 97.6 cm³/mol. The number of hydrogen-bond acceptors (Lipinski definition) is 4. The number of hydrogen-bond donors (Lipinski definition) is 2. The third-order valence-corrected chi connectivity index (χ3v) is 4.21. The van der Waals surface area contributed by atoms with E-state index in [9.17, 15) is 19.3 Å². The van der Waals surface area contributed by atoms with E-state index in [2.05, 4.69) is 19.2 Å². The van der Waals surface area contributed by atoms with Gasteiger partial charge in [0.25, 0.3) is 11.6 Å². The van der Waals surface area contributed by atoms with Crippen LogP contribution in [0.2, 0.25) is 0 Å². The van der Waals surface area contributed by atoms with E-state index >= 15 is 0 Å². The lowest BCUT2D eigenvalue weighted by Crippen LogP contribution is -2.32. The summed E-state index contributed by atoms with van der Waals surface area (Å²) in [5.41, 5.74) is 7.47. The van der Waals surface area contributed by atoms with Gasteiger partial charge in [-0.25, -0.2) is 4.39 Å². The summed E-state index contributed by atoms with van der Waals surface area (Å²) >= 11 is 0. The zero-order valence-corrected chi connectivity index (χ0v) is 15.0. The number of halogens is 1. The van der Waals surface area contributed by atoms with Crippen LogP contribution < -0.4 is 11.1 Å². The highest BCUT2D eigenvalue weighted by Crippen LogP contribution is 2.25. The van der Waals surface area contributed by atoms with Gasteiger partial charge >= 0.3 is 0 Å². The van der Waals surface area contributed by atoms with Crippen molar-refractivity contribution < 1.29 is 14.1 Å². The minimum absolute atomic E-state index is 0.0760. The highest BCUT2D eigenvalue weighted by atomic mass is 19.1. The Bertz CT molecular complexity index is 820. The average molecular weight is 359 g/mol. The number of nitro groups is 1. The molecule has 1 amide bonds. The molecule has 0 saturated heterocycles. The summed E-state index contributed by atoms with van der Waals surface area (Å²) in [4.78, 5) is 22.8. The SMILES string of the molecule is Cc1cc(F)cc(C(=O)NCC(N)c2ccc(C(C)C)cc2)c1[N+](=O)[O-]. The fourth-order valence-electron chi connectivity index (χ4n) is 2.69. The molecular weight excluding hydrogens is 337 g/mol. The lowest BCUT2D eigenvalue weighted by Gasteiger charge is -2.15. The molecule has 6 nitrogen and oxygen atoms in total. The first-order valence-electron chi connectivity index (χ1n) is 8.29. The monoisotopic (exact) mass is 359 g/mol. The van der Waals surface area contributed by atoms with Gasteiger partial charge in [-0.1, -0.05) is 38.1 Å². The van der Waals surface area contributed by atoms with E-state index in [0.717, 1.165) is 17.7 Å². The molecule has 0 bridgehead atoms. The summed E-state index contributed by atoms with van der Waals surface area (Å²) in [6, 6.07) is 9.14. The number of carbonyl (C=O) groups excluding carboxylic acids is 1. The number of benzene rings is 2. The van der Waals surface area contributed by atoms with Gasteiger partial charge in [-0.15, -0.1) is 0 Å². The zero-order chi connectivity index (χ0) is 19.4. The standard InChI is InChI=1S/C19H22FN3O3/c1-11(2)13-4-6-14(7-5-13)17(21)10-22-19(24)16-9-15(20)8-12(3)18(16)23(25)26/h4-9,11,17H,10,21H2,1-3H3,(H,22,24). The number of amides is 1. The molecule has 0 saturated carbocycles. The molecule has 0 aliphatic heterocycles. The summed E-state index contributed by atoms with van der Waals surface area (Å²) in [5, 5.41) is 13.7. The maximum atomic E-state index is 13.6. The van der Waals surface area contributed by atoms with E-state index in [1.54, 1.807) is 0 Å². The fraction of sp³-hybridized carbons (Fsp3) is 0.316. The topological polar surface area (TPSA) is 98.3 Å². The van der Waals surface area contributed by atoms with Crippen LogP contribution >= 0.6 is 0 Å². The second kappa shape index (κ2) is 8.05. The first-order chi connectivity index (χ1) is 12.2. The van der Waals surface area contributed by atoms with Crippen molar-refractivity contribution in [1.29, 1.82) is 0 Å². The van der Waals surface area contributed by atoms with Crippen molar-refractivity contribution in [3.8, 4) is 0 Å². The third kappa shape index (κ3) is 4.43. The van der Waals surface area contributed by atoms with Crippen molar-refractivity contribution in [2.24, 2.45) is 5.73 Å². The molecule has 0 aliphatic carbocycles. The third-order valence-electron chi connectivity index (χ3n) is 4.21. The van der Waals surface area contributed by atoms with E-state index in [0.29, 0.717) is 5.92 Å². The van der Waals surface area contributed by atoms with Crippen molar-refractivity contribution in [3.63, 3.8) is 0 Å². The van der Waals surface area contributed by atoms with Gasteiger partial charge in [0.15, 0.2) is 0 Å². The largest absolute Gasteiger partial charge is 0.350 e. The molecule has 0 radical (unpaired) electrons. The maximum absolute atomic E-state index is 13.6. The molecule has 0 heterocycles. The Morgan fingerprint density at radius 1 is 1.23 bits per heavy atom. The van der Waals surface area contributed by atoms with Crippen molar-refractivity contribution in [2.45, 2.75) is 32.7 Å². The van der Waals surface area contributed by atoms with Crippen molar-refractivity contribution in [1.82, 2.24) is 5.32 Å². The van der Waals surface area contributed by atoms with Gasteiger partial charge < -0.3 is 11.1 Å². The second-order valence-corrected chi connectivity index (χ2v) is 6.51. The molecule has 0 fully saturated rings. The smallest absolute Gasteiger partial charge is 0.285 e. The van der Waals surface area contributed by atoms with Gasteiger partial charge in [0, 0.05) is 18.2 Å². The Labute approximate surface area is 151 Å². The first-order valence-corrected chi connectivity index (χ1v) is 8.29. The van der Waals surface area contributed by atoms with E-state index in [1.165, 1.54) is 12.5 Å². The van der Waals surface area contributed by atoms with Gasteiger partial charge in [0.2, 0.25) is 0 Å². The Morgan fingerprint density at radius 3 is 2.35 bits per heavy atom. The number of carbonyl (C=O) groups is 1. The first kappa shape index (κ1) is 19.5. The lowest BCUT2D eigenvalue weighted by atomic mass is 9.99. The molecule has 7 heteroatoms. The molecule has 1 unspecified atom stereocenters. The maximum Gasteiger partial charge on any atom is 0.285 e. The normalized spacial score (nSPS) is 12.1. The Hall–Kier alpha value is -2.80. The number of nitrogens with zero attached hydrogens (tertiary/aromatic N) is 1. The molecule has 2 rings (SSSR count). The number of rotatable bonds is 6. The van der Waals surface area contributed by atoms with Crippen LogP contribution in [0.1, 0.15) is 52.9 Å². The van der Waals surface area contributed by atoms with Crippen molar-refractivity contribution in [2.75, 3.05) is 6.54 Å². The molecule has 2 aromatic carbocycles. The molecule has 0 spiro atoms. The van der Waals surface area contributed by atoms with Crippen molar-refractivity contribution >= 4 is 11.6 Å². The van der Waals surface area contributed by atoms with Crippen LogP contribution in [0.5, 0.6) is 0 Å². The van der Waals surface area contributed by atoms with Crippen LogP contribution in [-0.2, 0) is 0 Å².